The van der Waals surface area contributed by atoms with Crippen LogP contribution in [-0.4, -0.2) is 11.5 Å². The van der Waals surface area contributed by atoms with Crippen molar-refractivity contribution in [1.82, 2.24) is 10.3 Å². The van der Waals surface area contributed by atoms with E-state index in [0.717, 1.165) is 23.6 Å². The van der Waals surface area contributed by atoms with Gasteiger partial charge in [0.2, 0.25) is 0 Å². The van der Waals surface area contributed by atoms with Gasteiger partial charge in [0.05, 0.1) is 17.4 Å². The largest absolute Gasteiger partial charge is 0.396 e. The van der Waals surface area contributed by atoms with E-state index in [1.165, 1.54) is 12.8 Å². The van der Waals surface area contributed by atoms with Crippen LogP contribution >= 0.6 is 0 Å². The zero-order valence-electron chi connectivity index (χ0n) is 11.7. The summed E-state index contributed by atoms with van der Waals surface area (Å²) in [5.74, 6) is 0.193. The molecule has 1 heterocycles. The van der Waals surface area contributed by atoms with Crippen LogP contribution in [0.1, 0.15) is 30.0 Å². The first-order chi connectivity index (χ1) is 10.1. The number of benzene rings is 1. The summed E-state index contributed by atoms with van der Waals surface area (Å²) in [6.07, 6.45) is 6.03. The number of anilines is 2. The summed E-state index contributed by atoms with van der Waals surface area (Å²) in [5.41, 5.74) is 13.5. The molecule has 0 aliphatic heterocycles. The Morgan fingerprint density at radius 3 is 2.33 bits per heavy atom. The van der Waals surface area contributed by atoms with Gasteiger partial charge in [0.15, 0.2) is 5.82 Å². The molecule has 0 spiro atoms. The summed E-state index contributed by atoms with van der Waals surface area (Å²) in [5, 5.41) is 3.53. The van der Waals surface area contributed by atoms with Gasteiger partial charge >= 0.3 is 0 Å². The number of hydrogen-bond acceptors (Lipinski definition) is 4. The van der Waals surface area contributed by atoms with E-state index in [2.05, 4.69) is 10.3 Å². The maximum Gasteiger partial charge on any atom is 0.168 e. The van der Waals surface area contributed by atoms with Crippen LogP contribution < -0.4 is 16.8 Å². The van der Waals surface area contributed by atoms with Crippen molar-refractivity contribution in [2.75, 3.05) is 18.0 Å². The van der Waals surface area contributed by atoms with Crippen molar-refractivity contribution in [1.29, 1.82) is 0 Å². The third-order valence-electron chi connectivity index (χ3n) is 3.83. The van der Waals surface area contributed by atoms with Crippen molar-refractivity contribution in [3.05, 3.63) is 53.6 Å². The minimum Gasteiger partial charge on any atom is -0.396 e. The van der Waals surface area contributed by atoms with Gasteiger partial charge in [-0.25, -0.2) is 4.39 Å². The van der Waals surface area contributed by atoms with Crippen LogP contribution in [0.5, 0.6) is 0 Å². The Bertz CT molecular complexity index is 602. The smallest absolute Gasteiger partial charge is 0.168 e. The lowest BCUT2D eigenvalue weighted by Gasteiger charge is -2.21. The van der Waals surface area contributed by atoms with Crippen LogP contribution in [0.25, 0.3) is 0 Å². The molecule has 21 heavy (non-hydrogen) atoms. The SMILES string of the molecule is Nc1cc(C(NCC2CC2)c2ccncc2)cc(N)c1F. The quantitative estimate of drug-likeness (QED) is 0.738. The molecule has 4 nitrogen and oxygen atoms in total. The van der Waals surface area contributed by atoms with Gasteiger partial charge < -0.3 is 16.8 Å². The van der Waals surface area contributed by atoms with Crippen molar-refractivity contribution in [3.63, 3.8) is 0 Å². The van der Waals surface area contributed by atoms with Crippen molar-refractivity contribution in [2.24, 2.45) is 5.92 Å². The minimum absolute atomic E-state index is 0.0567. The van der Waals surface area contributed by atoms with E-state index in [1.807, 2.05) is 12.1 Å². The van der Waals surface area contributed by atoms with Crippen molar-refractivity contribution in [2.45, 2.75) is 18.9 Å². The molecule has 5 N–H and O–H groups in total. The van der Waals surface area contributed by atoms with E-state index < -0.39 is 5.82 Å². The fourth-order valence-corrected chi connectivity index (χ4v) is 2.45. The molecule has 110 valence electrons. The zero-order valence-corrected chi connectivity index (χ0v) is 11.7. The Balaban J connectivity index is 1.93. The fraction of sp³-hybridized carbons (Fsp3) is 0.312. The maximum absolute atomic E-state index is 13.6. The molecule has 0 saturated heterocycles. The summed E-state index contributed by atoms with van der Waals surface area (Å²) in [6.45, 7) is 0.935. The van der Waals surface area contributed by atoms with E-state index in [9.17, 15) is 4.39 Å². The van der Waals surface area contributed by atoms with E-state index in [4.69, 9.17) is 11.5 Å². The molecule has 1 aliphatic rings. The first-order valence-electron chi connectivity index (χ1n) is 7.13. The molecule has 5 heteroatoms. The monoisotopic (exact) mass is 286 g/mol. The number of pyridine rings is 1. The van der Waals surface area contributed by atoms with E-state index >= 15 is 0 Å². The molecule has 1 unspecified atom stereocenters. The molecule has 2 aromatic rings. The van der Waals surface area contributed by atoms with E-state index in [0.29, 0.717) is 0 Å². The van der Waals surface area contributed by atoms with Crippen molar-refractivity contribution >= 4 is 11.4 Å². The molecule has 1 atom stereocenters. The number of aromatic nitrogens is 1. The highest BCUT2D eigenvalue weighted by atomic mass is 19.1. The third-order valence-corrected chi connectivity index (χ3v) is 3.83. The van der Waals surface area contributed by atoms with Crippen LogP contribution in [-0.2, 0) is 0 Å². The van der Waals surface area contributed by atoms with Gasteiger partial charge in [-0.2, -0.15) is 0 Å². The van der Waals surface area contributed by atoms with Crippen LogP contribution in [0.4, 0.5) is 15.8 Å². The summed E-state index contributed by atoms with van der Waals surface area (Å²) >= 11 is 0. The Morgan fingerprint density at radius 2 is 1.76 bits per heavy atom. The maximum atomic E-state index is 13.6. The van der Waals surface area contributed by atoms with Gasteiger partial charge in [-0.1, -0.05) is 0 Å². The molecular weight excluding hydrogens is 267 g/mol. The first-order valence-corrected chi connectivity index (χ1v) is 7.13. The van der Waals surface area contributed by atoms with Crippen LogP contribution in [0, 0.1) is 11.7 Å². The zero-order chi connectivity index (χ0) is 14.8. The molecule has 0 radical (unpaired) electrons. The summed E-state index contributed by atoms with van der Waals surface area (Å²) in [4.78, 5) is 4.04. The molecular formula is C16H19FN4. The molecule has 1 fully saturated rings. The van der Waals surface area contributed by atoms with Gasteiger partial charge in [0, 0.05) is 12.4 Å². The highest BCUT2D eigenvalue weighted by Gasteiger charge is 2.24. The van der Waals surface area contributed by atoms with E-state index in [-0.39, 0.29) is 17.4 Å². The number of nitrogens with two attached hydrogens (primary N) is 2. The molecule has 1 aromatic carbocycles. The van der Waals surface area contributed by atoms with Gasteiger partial charge in [-0.3, -0.25) is 4.98 Å². The first kappa shape index (κ1) is 13.8. The average molecular weight is 286 g/mol. The fourth-order valence-electron chi connectivity index (χ4n) is 2.45. The highest BCUT2D eigenvalue weighted by molar-refractivity contribution is 5.57. The minimum atomic E-state index is -0.547. The Kier molecular flexibility index (Phi) is 3.75. The Morgan fingerprint density at radius 1 is 1.14 bits per heavy atom. The molecule has 0 bridgehead atoms. The lowest BCUT2D eigenvalue weighted by atomic mass is 9.98. The Hall–Kier alpha value is -2.14. The molecule has 1 saturated carbocycles. The predicted octanol–water partition coefficient (Wildman–Crippen LogP) is 2.47. The second-order valence-corrected chi connectivity index (χ2v) is 5.58. The average Bonchev–Trinajstić information content (AvgIpc) is 3.30. The summed E-state index contributed by atoms with van der Waals surface area (Å²) in [6, 6.07) is 7.13. The number of hydrogen-bond donors (Lipinski definition) is 3. The third kappa shape index (κ3) is 3.13. The van der Waals surface area contributed by atoms with Crippen LogP contribution in [0.3, 0.4) is 0 Å². The second kappa shape index (κ2) is 5.69. The van der Waals surface area contributed by atoms with Gasteiger partial charge in [0.1, 0.15) is 0 Å². The highest BCUT2D eigenvalue weighted by Crippen LogP contribution is 2.31. The van der Waals surface area contributed by atoms with Gasteiger partial charge in [0.25, 0.3) is 0 Å². The van der Waals surface area contributed by atoms with Gasteiger partial charge in [-0.15, -0.1) is 0 Å². The van der Waals surface area contributed by atoms with Crippen molar-refractivity contribution < 1.29 is 4.39 Å². The standard InChI is InChI=1S/C16H19FN4/c17-15-13(18)7-12(8-14(15)19)16(21-9-10-1-2-10)11-3-5-20-6-4-11/h3-8,10,16,21H,1-2,9,18-19H2. The molecule has 3 rings (SSSR count). The summed E-state index contributed by atoms with van der Waals surface area (Å²) in [7, 11) is 0. The number of rotatable bonds is 5. The van der Waals surface area contributed by atoms with Crippen LogP contribution in [0.2, 0.25) is 0 Å². The molecule has 0 amide bonds. The second-order valence-electron chi connectivity index (χ2n) is 5.58. The molecule has 1 aliphatic carbocycles. The van der Waals surface area contributed by atoms with Gasteiger partial charge in [-0.05, 0) is 60.7 Å². The number of halogens is 1. The van der Waals surface area contributed by atoms with E-state index in [1.54, 1.807) is 24.5 Å². The predicted molar refractivity (Wildman–Crippen MR) is 82.0 cm³/mol. The lowest BCUT2D eigenvalue weighted by Crippen LogP contribution is -2.25. The Labute approximate surface area is 123 Å². The summed E-state index contributed by atoms with van der Waals surface area (Å²) < 4.78 is 13.6. The van der Waals surface area contributed by atoms with Crippen molar-refractivity contribution in [3.8, 4) is 0 Å². The number of nitrogens with zero attached hydrogens (tertiary/aromatic N) is 1. The normalized spacial score (nSPS) is 15.9. The molecule has 1 aromatic heterocycles. The lowest BCUT2D eigenvalue weighted by molar-refractivity contribution is 0.571. The van der Waals surface area contributed by atoms with Crippen LogP contribution in [0.15, 0.2) is 36.7 Å². The number of nitrogens with one attached hydrogen (secondary N) is 1. The number of nitrogen functional groups attached to an aromatic ring is 2. The topological polar surface area (TPSA) is 77.0 Å².